The summed E-state index contributed by atoms with van der Waals surface area (Å²) < 4.78 is 0. The molecule has 0 spiro atoms. The van der Waals surface area contributed by atoms with Gasteiger partial charge in [0.25, 0.3) is 5.91 Å². The normalized spacial score (nSPS) is 18.8. The van der Waals surface area contributed by atoms with E-state index in [1.165, 1.54) is 5.56 Å². The first-order chi connectivity index (χ1) is 14.3. The summed E-state index contributed by atoms with van der Waals surface area (Å²) in [5, 5.41) is 3.57. The van der Waals surface area contributed by atoms with Gasteiger partial charge < -0.3 is 10.3 Å². The number of Topliss-reactive ketones (excluding diaryl/α,β-unsaturated/α-hetero) is 1. The molecule has 6 heteroatoms. The van der Waals surface area contributed by atoms with E-state index in [-0.39, 0.29) is 12.3 Å². The Kier molecular flexibility index (Phi) is 4.94. The first-order valence-corrected chi connectivity index (χ1v) is 10.2. The number of aromatic nitrogens is 1. The van der Waals surface area contributed by atoms with E-state index in [1.54, 1.807) is 6.92 Å². The van der Waals surface area contributed by atoms with Crippen molar-refractivity contribution in [2.75, 3.05) is 6.54 Å². The maximum absolute atomic E-state index is 13.2. The van der Waals surface area contributed by atoms with Crippen molar-refractivity contribution in [3.63, 3.8) is 0 Å². The standard InChI is InChI=1S/C24H25N3O3/c1-4-7-16-10-12-17(13-11-16)24(3)22(29)27(23(30)26-24)14-20(28)21-15(2)25-19-9-6-5-8-18(19)21/h5-6,8-13,25H,4,7,14H2,1-3H3,(H,26,30)/t24-/m0/s1. The van der Waals surface area contributed by atoms with Crippen molar-refractivity contribution in [1.29, 1.82) is 0 Å². The lowest BCUT2D eigenvalue weighted by atomic mass is 9.91. The van der Waals surface area contributed by atoms with E-state index in [2.05, 4.69) is 17.2 Å². The number of urea groups is 1. The maximum atomic E-state index is 13.2. The van der Waals surface area contributed by atoms with Gasteiger partial charge in [-0.25, -0.2) is 4.79 Å². The number of ketones is 1. The first kappa shape index (κ1) is 19.9. The Labute approximate surface area is 175 Å². The van der Waals surface area contributed by atoms with E-state index < -0.39 is 17.5 Å². The van der Waals surface area contributed by atoms with E-state index in [0.29, 0.717) is 11.1 Å². The van der Waals surface area contributed by atoms with Crippen LogP contribution in [0.4, 0.5) is 4.79 Å². The summed E-state index contributed by atoms with van der Waals surface area (Å²) >= 11 is 0. The van der Waals surface area contributed by atoms with Crippen LogP contribution >= 0.6 is 0 Å². The predicted octanol–water partition coefficient (Wildman–Crippen LogP) is 4.08. The molecule has 154 valence electrons. The van der Waals surface area contributed by atoms with Gasteiger partial charge in [0.1, 0.15) is 5.54 Å². The highest BCUT2D eigenvalue weighted by atomic mass is 16.2. The Balaban J connectivity index is 1.59. The minimum atomic E-state index is -1.18. The fourth-order valence-electron chi connectivity index (χ4n) is 4.19. The molecule has 6 nitrogen and oxygen atoms in total. The number of rotatable bonds is 6. The maximum Gasteiger partial charge on any atom is 0.325 e. The molecule has 4 rings (SSSR count). The van der Waals surface area contributed by atoms with Crippen LogP contribution in [0.3, 0.4) is 0 Å². The molecule has 30 heavy (non-hydrogen) atoms. The number of carbonyl (C=O) groups is 3. The van der Waals surface area contributed by atoms with Crippen molar-refractivity contribution < 1.29 is 14.4 Å². The highest BCUT2D eigenvalue weighted by Gasteiger charge is 2.49. The monoisotopic (exact) mass is 403 g/mol. The Hall–Kier alpha value is -3.41. The molecular formula is C24H25N3O3. The van der Waals surface area contributed by atoms with Crippen LogP contribution in [-0.4, -0.2) is 34.2 Å². The van der Waals surface area contributed by atoms with Gasteiger partial charge in [0.15, 0.2) is 5.78 Å². The predicted molar refractivity (Wildman–Crippen MR) is 115 cm³/mol. The fraction of sp³-hybridized carbons (Fsp3) is 0.292. The number of benzene rings is 2. The van der Waals surface area contributed by atoms with Crippen LogP contribution < -0.4 is 5.32 Å². The molecule has 0 saturated carbocycles. The number of hydrogen-bond donors (Lipinski definition) is 2. The number of para-hydroxylation sites is 1. The number of imide groups is 1. The van der Waals surface area contributed by atoms with E-state index in [9.17, 15) is 14.4 Å². The number of aromatic amines is 1. The molecule has 3 amide bonds. The van der Waals surface area contributed by atoms with Crippen LogP contribution in [0.1, 0.15) is 47.4 Å². The number of amides is 3. The number of hydrogen-bond acceptors (Lipinski definition) is 3. The molecule has 2 heterocycles. The van der Waals surface area contributed by atoms with Gasteiger partial charge in [0.05, 0.1) is 6.54 Å². The highest BCUT2D eigenvalue weighted by Crippen LogP contribution is 2.30. The van der Waals surface area contributed by atoms with Gasteiger partial charge in [-0.15, -0.1) is 0 Å². The summed E-state index contributed by atoms with van der Waals surface area (Å²) in [6.45, 7) is 5.32. The van der Waals surface area contributed by atoms with Gasteiger partial charge in [-0.1, -0.05) is 55.8 Å². The first-order valence-electron chi connectivity index (χ1n) is 10.2. The molecule has 1 aliphatic rings. The smallest absolute Gasteiger partial charge is 0.325 e. The summed E-state index contributed by atoms with van der Waals surface area (Å²) in [5.74, 6) is -0.683. The van der Waals surface area contributed by atoms with Gasteiger partial charge in [0.2, 0.25) is 0 Å². The minimum absolute atomic E-state index is 0.268. The van der Waals surface area contributed by atoms with Gasteiger partial charge in [-0.05, 0) is 37.5 Å². The van der Waals surface area contributed by atoms with E-state index in [0.717, 1.165) is 34.3 Å². The quantitative estimate of drug-likeness (QED) is 0.481. The summed E-state index contributed by atoms with van der Waals surface area (Å²) in [6.07, 6.45) is 2.00. The van der Waals surface area contributed by atoms with Crippen molar-refractivity contribution in [2.45, 2.75) is 39.2 Å². The molecule has 1 fully saturated rings. The SMILES string of the molecule is CCCc1ccc([C@]2(C)NC(=O)N(CC(=O)c3c(C)[nH]c4ccccc34)C2=O)cc1. The molecule has 2 aromatic carbocycles. The number of aryl methyl sites for hydroxylation is 2. The van der Waals surface area contributed by atoms with Crippen LogP contribution in [0.5, 0.6) is 0 Å². The Morgan fingerprint density at radius 2 is 1.77 bits per heavy atom. The number of nitrogens with zero attached hydrogens (tertiary/aromatic N) is 1. The zero-order chi connectivity index (χ0) is 21.5. The molecule has 2 N–H and O–H groups in total. The Bertz CT molecular complexity index is 1150. The third-order valence-corrected chi connectivity index (χ3v) is 5.82. The second kappa shape index (κ2) is 7.44. The largest absolute Gasteiger partial charge is 0.358 e. The van der Waals surface area contributed by atoms with Crippen molar-refractivity contribution in [2.24, 2.45) is 0 Å². The minimum Gasteiger partial charge on any atom is -0.358 e. The van der Waals surface area contributed by atoms with E-state index in [1.807, 2.05) is 55.5 Å². The zero-order valence-corrected chi connectivity index (χ0v) is 17.4. The third kappa shape index (κ3) is 3.18. The molecule has 0 bridgehead atoms. The zero-order valence-electron chi connectivity index (χ0n) is 17.4. The molecule has 0 radical (unpaired) electrons. The Morgan fingerprint density at radius 3 is 2.47 bits per heavy atom. The van der Waals surface area contributed by atoms with E-state index in [4.69, 9.17) is 0 Å². The van der Waals surface area contributed by atoms with Crippen LogP contribution in [0.15, 0.2) is 48.5 Å². The van der Waals surface area contributed by atoms with Gasteiger partial charge >= 0.3 is 6.03 Å². The lowest BCUT2D eigenvalue weighted by Gasteiger charge is -2.22. The van der Waals surface area contributed by atoms with Crippen molar-refractivity contribution in [3.8, 4) is 0 Å². The molecule has 0 unspecified atom stereocenters. The molecule has 1 saturated heterocycles. The molecule has 0 aliphatic carbocycles. The molecular weight excluding hydrogens is 378 g/mol. The summed E-state index contributed by atoms with van der Waals surface area (Å²) in [6, 6.07) is 14.7. The summed E-state index contributed by atoms with van der Waals surface area (Å²) in [7, 11) is 0. The summed E-state index contributed by atoms with van der Waals surface area (Å²) in [4.78, 5) is 43.1. The lowest BCUT2D eigenvalue weighted by molar-refractivity contribution is -0.130. The average molecular weight is 403 g/mol. The number of fused-ring (bicyclic) bond motifs is 1. The van der Waals surface area contributed by atoms with Crippen LogP contribution in [0.25, 0.3) is 10.9 Å². The molecule has 1 atom stereocenters. The van der Waals surface area contributed by atoms with Crippen molar-refractivity contribution in [1.82, 2.24) is 15.2 Å². The van der Waals surface area contributed by atoms with Crippen LogP contribution in [0, 0.1) is 6.92 Å². The average Bonchev–Trinajstić information content (AvgIpc) is 3.17. The van der Waals surface area contributed by atoms with Gasteiger partial charge in [-0.2, -0.15) is 0 Å². The topological polar surface area (TPSA) is 82.3 Å². The van der Waals surface area contributed by atoms with Crippen molar-refractivity contribution >= 4 is 28.6 Å². The second-order valence-corrected chi connectivity index (χ2v) is 7.99. The lowest BCUT2D eigenvalue weighted by Crippen LogP contribution is -2.41. The molecule has 1 aromatic heterocycles. The second-order valence-electron chi connectivity index (χ2n) is 7.99. The number of carbonyl (C=O) groups excluding carboxylic acids is 3. The number of H-pyrrole nitrogens is 1. The highest BCUT2D eigenvalue weighted by molar-refractivity contribution is 6.15. The van der Waals surface area contributed by atoms with Crippen LogP contribution in [0.2, 0.25) is 0 Å². The fourth-order valence-corrected chi connectivity index (χ4v) is 4.19. The van der Waals surface area contributed by atoms with Crippen LogP contribution in [-0.2, 0) is 16.8 Å². The third-order valence-electron chi connectivity index (χ3n) is 5.82. The molecule has 3 aromatic rings. The van der Waals surface area contributed by atoms with Gasteiger partial charge in [0, 0.05) is 22.2 Å². The van der Waals surface area contributed by atoms with Gasteiger partial charge in [-0.3, -0.25) is 14.5 Å². The molecule has 1 aliphatic heterocycles. The Morgan fingerprint density at radius 1 is 1.07 bits per heavy atom. The van der Waals surface area contributed by atoms with E-state index >= 15 is 0 Å². The summed E-state index contributed by atoms with van der Waals surface area (Å²) in [5.41, 5.74) is 2.80. The number of nitrogens with one attached hydrogen (secondary N) is 2. The van der Waals surface area contributed by atoms with Crippen molar-refractivity contribution in [3.05, 3.63) is 70.9 Å².